The van der Waals surface area contributed by atoms with Gasteiger partial charge in [0.05, 0.1) is 12.8 Å². The highest BCUT2D eigenvalue weighted by atomic mass is 32.1. The lowest BCUT2D eigenvalue weighted by Gasteiger charge is -2.09. The standard InChI is InChI=1S/C12H14N2OS/c1-7-4-9(15-3)5-8(2)11(7)10-6-16-12(13)14-10/h4-6H,1-3H3,(H2,13,14). The average Bonchev–Trinajstić information content (AvgIpc) is 2.63. The number of aryl methyl sites for hydroxylation is 2. The number of hydrogen-bond acceptors (Lipinski definition) is 4. The summed E-state index contributed by atoms with van der Waals surface area (Å²) in [5, 5.41) is 2.58. The maximum absolute atomic E-state index is 5.65. The molecule has 16 heavy (non-hydrogen) atoms. The van der Waals surface area contributed by atoms with Crippen molar-refractivity contribution < 1.29 is 4.74 Å². The Kier molecular flexibility index (Phi) is 2.83. The maximum Gasteiger partial charge on any atom is 0.180 e. The first-order chi connectivity index (χ1) is 7.61. The third-order valence-corrected chi connectivity index (χ3v) is 3.19. The molecular formula is C12H14N2OS. The Balaban J connectivity index is 2.57. The minimum atomic E-state index is 0.601. The second kappa shape index (κ2) is 4.14. The Hall–Kier alpha value is -1.55. The first kappa shape index (κ1) is 11.0. The van der Waals surface area contributed by atoms with Crippen molar-refractivity contribution in [3.8, 4) is 17.0 Å². The first-order valence-corrected chi connectivity index (χ1v) is 5.86. The number of thiazole rings is 1. The zero-order valence-electron chi connectivity index (χ0n) is 9.57. The summed E-state index contributed by atoms with van der Waals surface area (Å²) < 4.78 is 5.23. The molecule has 0 atom stereocenters. The normalized spacial score (nSPS) is 10.4. The zero-order chi connectivity index (χ0) is 11.7. The molecular weight excluding hydrogens is 220 g/mol. The van der Waals surface area contributed by atoms with Crippen LogP contribution >= 0.6 is 11.3 Å². The van der Waals surface area contributed by atoms with Gasteiger partial charge >= 0.3 is 0 Å². The lowest BCUT2D eigenvalue weighted by molar-refractivity contribution is 0.414. The van der Waals surface area contributed by atoms with Gasteiger partial charge in [-0.1, -0.05) is 0 Å². The molecule has 0 unspecified atom stereocenters. The molecule has 4 heteroatoms. The quantitative estimate of drug-likeness (QED) is 0.869. The number of aromatic nitrogens is 1. The van der Waals surface area contributed by atoms with E-state index in [-0.39, 0.29) is 0 Å². The third-order valence-electron chi connectivity index (χ3n) is 2.52. The van der Waals surface area contributed by atoms with Crippen molar-refractivity contribution in [1.82, 2.24) is 4.98 Å². The predicted molar refractivity (Wildman–Crippen MR) is 68.0 cm³/mol. The molecule has 0 spiro atoms. The molecule has 0 aliphatic carbocycles. The highest BCUT2D eigenvalue weighted by molar-refractivity contribution is 7.13. The molecule has 1 heterocycles. The minimum absolute atomic E-state index is 0.601. The summed E-state index contributed by atoms with van der Waals surface area (Å²) in [6, 6.07) is 4.02. The van der Waals surface area contributed by atoms with Gasteiger partial charge in [-0.15, -0.1) is 11.3 Å². The summed E-state index contributed by atoms with van der Waals surface area (Å²) >= 11 is 1.46. The zero-order valence-corrected chi connectivity index (χ0v) is 10.4. The Bertz CT molecular complexity index is 496. The molecule has 0 fully saturated rings. The van der Waals surface area contributed by atoms with Gasteiger partial charge in [0.1, 0.15) is 5.75 Å². The second-order valence-corrected chi connectivity index (χ2v) is 4.60. The van der Waals surface area contributed by atoms with Crippen molar-refractivity contribution >= 4 is 16.5 Å². The fourth-order valence-corrected chi connectivity index (χ4v) is 2.40. The number of anilines is 1. The van der Waals surface area contributed by atoms with Crippen LogP contribution in [0, 0.1) is 13.8 Å². The number of nitrogens with two attached hydrogens (primary N) is 1. The van der Waals surface area contributed by atoms with Gasteiger partial charge in [0.2, 0.25) is 0 Å². The molecule has 84 valence electrons. The molecule has 0 aliphatic rings. The molecule has 2 rings (SSSR count). The van der Waals surface area contributed by atoms with E-state index in [1.807, 2.05) is 17.5 Å². The number of benzene rings is 1. The van der Waals surface area contributed by atoms with E-state index < -0.39 is 0 Å². The van der Waals surface area contributed by atoms with Crippen LogP contribution in [0.25, 0.3) is 11.3 Å². The number of hydrogen-bond donors (Lipinski definition) is 1. The molecule has 0 saturated carbocycles. The molecule has 0 saturated heterocycles. The first-order valence-electron chi connectivity index (χ1n) is 4.98. The van der Waals surface area contributed by atoms with E-state index in [4.69, 9.17) is 10.5 Å². The summed E-state index contributed by atoms with van der Waals surface area (Å²) in [6.45, 7) is 4.11. The molecule has 3 nitrogen and oxygen atoms in total. The van der Waals surface area contributed by atoms with Gasteiger partial charge < -0.3 is 10.5 Å². The van der Waals surface area contributed by atoms with Gasteiger partial charge in [0, 0.05) is 10.9 Å². The molecule has 2 N–H and O–H groups in total. The van der Waals surface area contributed by atoms with Crippen LogP contribution in [-0.2, 0) is 0 Å². The van der Waals surface area contributed by atoms with Crippen molar-refractivity contribution in [3.05, 3.63) is 28.6 Å². The predicted octanol–water partition coefficient (Wildman–Crippen LogP) is 3.02. The minimum Gasteiger partial charge on any atom is -0.497 e. The Labute approximate surface area is 98.9 Å². The van der Waals surface area contributed by atoms with Crippen LogP contribution in [0.2, 0.25) is 0 Å². The van der Waals surface area contributed by atoms with Crippen molar-refractivity contribution in [2.75, 3.05) is 12.8 Å². The van der Waals surface area contributed by atoms with E-state index in [1.165, 1.54) is 11.3 Å². The van der Waals surface area contributed by atoms with Gasteiger partial charge in [-0.25, -0.2) is 4.98 Å². The molecule has 1 aromatic carbocycles. The summed E-state index contributed by atoms with van der Waals surface area (Å²) in [4.78, 5) is 4.31. The Morgan fingerprint density at radius 2 is 1.88 bits per heavy atom. The molecule has 0 radical (unpaired) electrons. The van der Waals surface area contributed by atoms with E-state index in [0.717, 1.165) is 28.1 Å². The molecule has 0 bridgehead atoms. The monoisotopic (exact) mass is 234 g/mol. The van der Waals surface area contributed by atoms with Gasteiger partial charge in [0.25, 0.3) is 0 Å². The lowest BCUT2D eigenvalue weighted by Crippen LogP contribution is -1.92. The van der Waals surface area contributed by atoms with Crippen molar-refractivity contribution in [2.45, 2.75) is 13.8 Å². The van der Waals surface area contributed by atoms with Crippen molar-refractivity contribution in [3.63, 3.8) is 0 Å². The molecule has 2 aromatic rings. The van der Waals surface area contributed by atoms with Crippen LogP contribution < -0.4 is 10.5 Å². The van der Waals surface area contributed by atoms with Gasteiger partial charge in [-0.2, -0.15) is 0 Å². The highest BCUT2D eigenvalue weighted by Gasteiger charge is 2.10. The number of nitrogen functional groups attached to an aromatic ring is 1. The number of nitrogens with zero attached hydrogens (tertiary/aromatic N) is 1. The van der Waals surface area contributed by atoms with Crippen LogP contribution in [0.4, 0.5) is 5.13 Å². The van der Waals surface area contributed by atoms with Crippen LogP contribution in [0.5, 0.6) is 5.75 Å². The van der Waals surface area contributed by atoms with Gasteiger partial charge in [-0.05, 0) is 37.1 Å². The largest absolute Gasteiger partial charge is 0.497 e. The number of methoxy groups -OCH3 is 1. The second-order valence-electron chi connectivity index (χ2n) is 3.71. The van der Waals surface area contributed by atoms with Gasteiger partial charge in [-0.3, -0.25) is 0 Å². The topological polar surface area (TPSA) is 48.1 Å². The van der Waals surface area contributed by atoms with Crippen LogP contribution in [0.15, 0.2) is 17.5 Å². The lowest BCUT2D eigenvalue weighted by atomic mass is 10.0. The van der Waals surface area contributed by atoms with Gasteiger partial charge in [0.15, 0.2) is 5.13 Å². The number of rotatable bonds is 2. The summed E-state index contributed by atoms with van der Waals surface area (Å²) in [7, 11) is 1.68. The maximum atomic E-state index is 5.65. The smallest absolute Gasteiger partial charge is 0.180 e. The van der Waals surface area contributed by atoms with Crippen LogP contribution in [-0.4, -0.2) is 12.1 Å². The third kappa shape index (κ3) is 1.88. The van der Waals surface area contributed by atoms with Crippen molar-refractivity contribution in [1.29, 1.82) is 0 Å². The molecule has 1 aromatic heterocycles. The molecule has 0 aliphatic heterocycles. The van der Waals surface area contributed by atoms with E-state index in [0.29, 0.717) is 5.13 Å². The summed E-state index contributed by atoms with van der Waals surface area (Å²) in [6.07, 6.45) is 0. The fourth-order valence-electron chi connectivity index (χ4n) is 1.85. The summed E-state index contributed by atoms with van der Waals surface area (Å²) in [5.74, 6) is 0.877. The summed E-state index contributed by atoms with van der Waals surface area (Å²) in [5.41, 5.74) is 10.1. The molecule has 0 amide bonds. The van der Waals surface area contributed by atoms with Crippen LogP contribution in [0.3, 0.4) is 0 Å². The van der Waals surface area contributed by atoms with E-state index in [2.05, 4.69) is 18.8 Å². The van der Waals surface area contributed by atoms with E-state index in [9.17, 15) is 0 Å². The highest BCUT2D eigenvalue weighted by Crippen LogP contribution is 2.32. The number of ether oxygens (including phenoxy) is 1. The fraction of sp³-hybridized carbons (Fsp3) is 0.250. The average molecular weight is 234 g/mol. The van der Waals surface area contributed by atoms with Crippen LogP contribution in [0.1, 0.15) is 11.1 Å². The SMILES string of the molecule is COc1cc(C)c(-c2csc(N)n2)c(C)c1. The Morgan fingerprint density at radius 1 is 1.25 bits per heavy atom. The van der Waals surface area contributed by atoms with Crippen molar-refractivity contribution in [2.24, 2.45) is 0 Å². The Morgan fingerprint density at radius 3 is 2.31 bits per heavy atom. The van der Waals surface area contributed by atoms with E-state index >= 15 is 0 Å². The van der Waals surface area contributed by atoms with E-state index in [1.54, 1.807) is 7.11 Å².